The molecule has 1 heterocycles. The van der Waals surface area contributed by atoms with E-state index in [-0.39, 0.29) is 24.2 Å². The van der Waals surface area contributed by atoms with Gasteiger partial charge in [-0.2, -0.15) is 0 Å². The summed E-state index contributed by atoms with van der Waals surface area (Å²) in [4.78, 5) is 23.7. The molecular weight excluding hydrogens is 292 g/mol. The fourth-order valence-electron chi connectivity index (χ4n) is 1.76. The maximum Gasteiger partial charge on any atom is 0.316 e. The SMILES string of the molecule is CC(C)(C)OC(=O)CSc1cc2c(cc1N)OCC(=O)N2. The van der Waals surface area contributed by atoms with Gasteiger partial charge in [-0.05, 0) is 26.8 Å². The summed E-state index contributed by atoms with van der Waals surface area (Å²) in [5.41, 5.74) is 6.47. The lowest BCUT2D eigenvalue weighted by atomic mass is 10.2. The van der Waals surface area contributed by atoms with Crippen molar-refractivity contribution < 1.29 is 19.1 Å². The van der Waals surface area contributed by atoms with Crippen molar-refractivity contribution in [2.45, 2.75) is 31.3 Å². The second kappa shape index (κ2) is 5.85. The van der Waals surface area contributed by atoms with Gasteiger partial charge in [-0.25, -0.2) is 0 Å². The van der Waals surface area contributed by atoms with Gasteiger partial charge in [0.05, 0.1) is 11.4 Å². The van der Waals surface area contributed by atoms with E-state index in [1.165, 1.54) is 11.8 Å². The number of carbonyl (C=O) groups excluding carboxylic acids is 2. The van der Waals surface area contributed by atoms with Gasteiger partial charge in [0.15, 0.2) is 6.61 Å². The van der Waals surface area contributed by atoms with Crippen LogP contribution in [0.2, 0.25) is 0 Å². The van der Waals surface area contributed by atoms with Crippen molar-refractivity contribution >= 4 is 35.0 Å². The molecular formula is C14H18N2O4S. The van der Waals surface area contributed by atoms with Gasteiger partial charge in [-0.15, -0.1) is 11.8 Å². The fourth-order valence-corrected chi connectivity index (χ4v) is 2.51. The van der Waals surface area contributed by atoms with Gasteiger partial charge in [-0.1, -0.05) is 0 Å². The summed E-state index contributed by atoms with van der Waals surface area (Å²) in [5.74, 6) is 0.156. The number of carbonyl (C=O) groups is 2. The highest BCUT2D eigenvalue weighted by atomic mass is 32.2. The average molecular weight is 310 g/mol. The Labute approximate surface area is 127 Å². The summed E-state index contributed by atoms with van der Waals surface area (Å²) in [6.07, 6.45) is 0. The van der Waals surface area contributed by atoms with Crippen molar-refractivity contribution in [2.24, 2.45) is 0 Å². The molecule has 7 heteroatoms. The molecule has 21 heavy (non-hydrogen) atoms. The highest BCUT2D eigenvalue weighted by Crippen LogP contribution is 2.37. The zero-order valence-electron chi connectivity index (χ0n) is 12.2. The molecule has 0 unspecified atom stereocenters. The van der Waals surface area contributed by atoms with Crippen molar-refractivity contribution in [3.05, 3.63) is 12.1 Å². The highest BCUT2D eigenvalue weighted by molar-refractivity contribution is 8.00. The predicted octanol–water partition coefficient (Wildman–Crippen LogP) is 2.03. The highest BCUT2D eigenvalue weighted by Gasteiger charge is 2.20. The number of fused-ring (bicyclic) bond motifs is 1. The monoisotopic (exact) mass is 310 g/mol. The quantitative estimate of drug-likeness (QED) is 0.504. The van der Waals surface area contributed by atoms with Crippen LogP contribution >= 0.6 is 11.8 Å². The molecule has 1 amide bonds. The molecule has 6 nitrogen and oxygen atoms in total. The Morgan fingerprint density at radius 3 is 2.86 bits per heavy atom. The van der Waals surface area contributed by atoms with E-state index in [1.807, 2.05) is 20.8 Å². The van der Waals surface area contributed by atoms with Crippen LogP contribution in [0.15, 0.2) is 17.0 Å². The van der Waals surface area contributed by atoms with Crippen LogP contribution < -0.4 is 15.8 Å². The van der Waals surface area contributed by atoms with Gasteiger partial charge in [-0.3, -0.25) is 9.59 Å². The third-order valence-corrected chi connectivity index (χ3v) is 3.55. The first-order chi connectivity index (χ1) is 9.74. The molecule has 0 saturated carbocycles. The minimum Gasteiger partial charge on any atom is -0.482 e. The number of benzene rings is 1. The fraction of sp³-hybridized carbons (Fsp3) is 0.429. The zero-order valence-corrected chi connectivity index (χ0v) is 13.0. The number of thioether (sulfide) groups is 1. The van der Waals surface area contributed by atoms with Crippen LogP contribution in [0.4, 0.5) is 11.4 Å². The molecule has 1 aromatic carbocycles. The number of ether oxygens (including phenoxy) is 2. The number of esters is 1. The van der Waals surface area contributed by atoms with Crippen molar-refractivity contribution in [1.82, 2.24) is 0 Å². The molecule has 0 aliphatic carbocycles. The predicted molar refractivity (Wildman–Crippen MR) is 81.5 cm³/mol. The van der Waals surface area contributed by atoms with Crippen LogP contribution in [0.5, 0.6) is 5.75 Å². The van der Waals surface area contributed by atoms with Gasteiger partial charge in [0, 0.05) is 16.6 Å². The third kappa shape index (κ3) is 4.29. The van der Waals surface area contributed by atoms with Gasteiger partial charge in [0.2, 0.25) is 0 Å². The van der Waals surface area contributed by atoms with Gasteiger partial charge < -0.3 is 20.5 Å². The molecule has 0 spiro atoms. The largest absolute Gasteiger partial charge is 0.482 e. The third-order valence-electron chi connectivity index (χ3n) is 2.51. The Morgan fingerprint density at radius 1 is 1.48 bits per heavy atom. The lowest BCUT2D eigenvalue weighted by molar-refractivity contribution is -0.151. The standard InChI is InChI=1S/C14H18N2O4S/c1-14(2,3)20-13(18)7-21-11-5-9-10(4-8(11)15)19-6-12(17)16-9/h4-5H,6-7,15H2,1-3H3,(H,16,17). The Bertz CT molecular complexity index is 581. The van der Waals surface area contributed by atoms with Crippen molar-refractivity contribution in [1.29, 1.82) is 0 Å². The Morgan fingerprint density at radius 2 is 2.19 bits per heavy atom. The van der Waals surface area contributed by atoms with E-state index in [0.29, 0.717) is 22.0 Å². The molecule has 0 saturated heterocycles. The van der Waals surface area contributed by atoms with Crippen LogP contribution in [0.3, 0.4) is 0 Å². The molecule has 3 N–H and O–H groups in total. The minimum atomic E-state index is -0.513. The normalized spacial score (nSPS) is 14.0. The first-order valence-electron chi connectivity index (χ1n) is 6.45. The molecule has 1 aromatic rings. The van der Waals surface area contributed by atoms with Gasteiger partial charge >= 0.3 is 5.97 Å². The Kier molecular flexibility index (Phi) is 4.32. The first-order valence-corrected chi connectivity index (χ1v) is 7.44. The summed E-state index contributed by atoms with van der Waals surface area (Å²) in [5, 5.41) is 2.70. The van der Waals surface area contributed by atoms with Gasteiger partial charge in [0.1, 0.15) is 11.4 Å². The maximum atomic E-state index is 11.7. The number of amides is 1. The van der Waals surface area contributed by atoms with Gasteiger partial charge in [0.25, 0.3) is 5.91 Å². The molecule has 0 radical (unpaired) electrons. The summed E-state index contributed by atoms with van der Waals surface area (Å²) < 4.78 is 10.5. The molecule has 1 aliphatic heterocycles. The maximum absolute atomic E-state index is 11.7. The zero-order chi connectivity index (χ0) is 15.6. The van der Waals surface area contributed by atoms with E-state index in [2.05, 4.69) is 5.32 Å². The molecule has 114 valence electrons. The van der Waals surface area contributed by atoms with E-state index in [1.54, 1.807) is 12.1 Å². The van der Waals surface area contributed by atoms with E-state index in [0.717, 1.165) is 0 Å². The second-order valence-corrected chi connectivity index (χ2v) is 6.62. The van der Waals surface area contributed by atoms with Crippen molar-refractivity contribution in [2.75, 3.05) is 23.4 Å². The van der Waals surface area contributed by atoms with Crippen LogP contribution in [0.25, 0.3) is 0 Å². The molecule has 0 atom stereocenters. The topological polar surface area (TPSA) is 90.7 Å². The number of nitrogens with two attached hydrogens (primary N) is 1. The van der Waals surface area contributed by atoms with Crippen LogP contribution in [0.1, 0.15) is 20.8 Å². The number of anilines is 2. The minimum absolute atomic E-state index is 0.0170. The van der Waals surface area contributed by atoms with E-state index >= 15 is 0 Å². The second-order valence-electron chi connectivity index (χ2n) is 5.60. The number of hydrogen-bond donors (Lipinski definition) is 2. The van der Waals surface area contributed by atoms with Crippen molar-refractivity contribution in [3.63, 3.8) is 0 Å². The Hall–Kier alpha value is -1.89. The summed E-state index contributed by atoms with van der Waals surface area (Å²) in [6, 6.07) is 3.35. The van der Waals surface area contributed by atoms with Crippen LogP contribution in [-0.4, -0.2) is 29.8 Å². The summed E-state index contributed by atoms with van der Waals surface area (Å²) in [6.45, 7) is 5.43. The Balaban J connectivity index is 2.05. The van der Waals surface area contributed by atoms with E-state index < -0.39 is 5.60 Å². The summed E-state index contributed by atoms with van der Waals surface area (Å²) in [7, 11) is 0. The van der Waals surface area contributed by atoms with Crippen LogP contribution in [0, 0.1) is 0 Å². The summed E-state index contributed by atoms with van der Waals surface area (Å²) >= 11 is 1.26. The smallest absolute Gasteiger partial charge is 0.316 e. The van der Waals surface area contributed by atoms with Crippen molar-refractivity contribution in [3.8, 4) is 5.75 Å². The number of hydrogen-bond acceptors (Lipinski definition) is 6. The number of rotatable bonds is 3. The molecule has 2 rings (SSSR count). The van der Waals surface area contributed by atoms with E-state index in [9.17, 15) is 9.59 Å². The lowest BCUT2D eigenvalue weighted by Gasteiger charge is -2.21. The van der Waals surface area contributed by atoms with Crippen LogP contribution in [-0.2, 0) is 14.3 Å². The molecule has 0 bridgehead atoms. The molecule has 0 aromatic heterocycles. The number of nitrogens with one attached hydrogen (secondary N) is 1. The first kappa shape index (κ1) is 15.5. The lowest BCUT2D eigenvalue weighted by Crippen LogP contribution is -2.25. The molecule has 0 fully saturated rings. The average Bonchev–Trinajstić information content (AvgIpc) is 2.34. The molecule has 1 aliphatic rings. The van der Waals surface area contributed by atoms with E-state index in [4.69, 9.17) is 15.2 Å². The number of nitrogen functional groups attached to an aromatic ring is 1.